The number of aromatic nitrogens is 3. The first-order valence-electron chi connectivity index (χ1n) is 4.43. The summed E-state index contributed by atoms with van der Waals surface area (Å²) in [7, 11) is 0. The van der Waals surface area contributed by atoms with Crippen LogP contribution >= 0.6 is 11.8 Å². The summed E-state index contributed by atoms with van der Waals surface area (Å²) < 4.78 is 5.20. The maximum absolute atomic E-state index is 7.31. The van der Waals surface area contributed by atoms with Crippen molar-refractivity contribution in [1.82, 2.24) is 15.2 Å². The lowest BCUT2D eigenvalue weighted by Gasteiger charge is -1.99. The van der Waals surface area contributed by atoms with E-state index in [2.05, 4.69) is 15.2 Å². The molecule has 3 N–H and O–H groups in total. The fourth-order valence-corrected chi connectivity index (χ4v) is 1.76. The summed E-state index contributed by atoms with van der Waals surface area (Å²) >= 11 is 1.24. The average molecular weight is 235 g/mol. The maximum Gasteiger partial charge on any atom is 0.282 e. The molecule has 2 heterocycles. The number of nitrogens with two attached hydrogens (primary N) is 1. The Bertz CT molecular complexity index is 524. The van der Waals surface area contributed by atoms with Gasteiger partial charge in [0.25, 0.3) is 5.22 Å². The van der Waals surface area contributed by atoms with Gasteiger partial charge in [0.1, 0.15) is 10.9 Å². The monoisotopic (exact) mass is 235 g/mol. The van der Waals surface area contributed by atoms with Crippen LogP contribution in [0, 0.1) is 12.3 Å². The molecular formula is C9H9N5OS. The predicted octanol–water partition coefficient (Wildman–Crippen LogP) is 1.21. The van der Waals surface area contributed by atoms with Gasteiger partial charge < -0.3 is 10.2 Å². The van der Waals surface area contributed by atoms with Gasteiger partial charge in [-0.25, -0.2) is 4.98 Å². The molecule has 0 radical (unpaired) electrons. The maximum atomic E-state index is 7.31. The third kappa shape index (κ3) is 2.37. The summed E-state index contributed by atoms with van der Waals surface area (Å²) in [5.41, 5.74) is 5.99. The van der Waals surface area contributed by atoms with Crippen molar-refractivity contribution in [3.8, 4) is 0 Å². The second-order valence-corrected chi connectivity index (χ2v) is 3.96. The summed E-state index contributed by atoms with van der Waals surface area (Å²) in [5, 5.41) is 15.9. The van der Waals surface area contributed by atoms with E-state index in [4.69, 9.17) is 15.6 Å². The molecule has 2 aromatic heterocycles. The average Bonchev–Trinajstić information content (AvgIpc) is 2.64. The van der Waals surface area contributed by atoms with Crippen LogP contribution in [0.2, 0.25) is 0 Å². The molecule has 2 rings (SSSR count). The molecule has 0 bridgehead atoms. The van der Waals surface area contributed by atoms with E-state index in [9.17, 15) is 0 Å². The fourth-order valence-electron chi connectivity index (χ4n) is 1.04. The van der Waals surface area contributed by atoms with Gasteiger partial charge in [-0.2, -0.15) is 0 Å². The molecule has 0 spiro atoms. The van der Waals surface area contributed by atoms with Gasteiger partial charge in [0.05, 0.1) is 0 Å². The van der Waals surface area contributed by atoms with Crippen molar-refractivity contribution in [2.45, 2.75) is 17.2 Å². The minimum atomic E-state index is 0.00552. The Balaban J connectivity index is 2.21. The number of amidine groups is 1. The molecule has 82 valence electrons. The van der Waals surface area contributed by atoms with Gasteiger partial charge in [-0.1, -0.05) is 0 Å². The van der Waals surface area contributed by atoms with Gasteiger partial charge in [0.2, 0.25) is 5.89 Å². The van der Waals surface area contributed by atoms with E-state index < -0.39 is 0 Å². The van der Waals surface area contributed by atoms with Crippen molar-refractivity contribution in [2.24, 2.45) is 5.73 Å². The van der Waals surface area contributed by atoms with E-state index in [-0.39, 0.29) is 5.84 Å². The molecule has 0 aromatic carbocycles. The first-order valence-corrected chi connectivity index (χ1v) is 5.25. The zero-order valence-electron chi connectivity index (χ0n) is 8.47. The lowest BCUT2D eigenvalue weighted by Crippen LogP contribution is -2.10. The smallest absolute Gasteiger partial charge is 0.282 e. The number of aryl methyl sites for hydroxylation is 1. The SMILES string of the molecule is Cc1nnc(Sc2cc(C(=N)N)ccn2)o1. The Morgan fingerprint density at radius 2 is 2.31 bits per heavy atom. The molecule has 0 unspecified atom stereocenters. The third-order valence-corrected chi connectivity index (χ3v) is 2.52. The highest BCUT2D eigenvalue weighted by Gasteiger charge is 2.07. The van der Waals surface area contributed by atoms with E-state index in [1.54, 1.807) is 25.3 Å². The first-order chi connectivity index (χ1) is 7.65. The topological polar surface area (TPSA) is 102 Å². The lowest BCUT2D eigenvalue weighted by atomic mass is 10.2. The molecule has 0 aliphatic carbocycles. The minimum Gasteiger partial charge on any atom is -0.416 e. The highest BCUT2D eigenvalue weighted by Crippen LogP contribution is 2.24. The van der Waals surface area contributed by atoms with Crippen molar-refractivity contribution >= 4 is 17.6 Å². The zero-order chi connectivity index (χ0) is 11.5. The predicted molar refractivity (Wildman–Crippen MR) is 58.4 cm³/mol. The Labute approximate surface area is 95.8 Å². The number of nitrogens with zero attached hydrogens (tertiary/aromatic N) is 3. The Hall–Kier alpha value is -1.89. The van der Waals surface area contributed by atoms with Crippen LogP contribution in [-0.4, -0.2) is 21.0 Å². The van der Waals surface area contributed by atoms with E-state index in [1.165, 1.54) is 11.8 Å². The molecule has 0 aliphatic heterocycles. The molecular weight excluding hydrogens is 226 g/mol. The van der Waals surface area contributed by atoms with Crippen LogP contribution in [0.25, 0.3) is 0 Å². The Morgan fingerprint density at radius 1 is 1.50 bits per heavy atom. The van der Waals surface area contributed by atoms with Crippen LogP contribution in [0.3, 0.4) is 0 Å². The summed E-state index contributed by atoms with van der Waals surface area (Å²) in [6.45, 7) is 1.72. The second kappa shape index (κ2) is 4.31. The number of rotatable bonds is 3. The molecule has 7 heteroatoms. The Morgan fingerprint density at radius 3 is 2.94 bits per heavy atom. The van der Waals surface area contributed by atoms with Crippen molar-refractivity contribution in [3.05, 3.63) is 29.8 Å². The summed E-state index contributed by atoms with van der Waals surface area (Å²) in [6.07, 6.45) is 1.59. The van der Waals surface area contributed by atoms with Crippen molar-refractivity contribution < 1.29 is 4.42 Å². The Kier molecular flexibility index (Phi) is 2.86. The molecule has 0 saturated heterocycles. The highest BCUT2D eigenvalue weighted by atomic mass is 32.2. The van der Waals surface area contributed by atoms with Gasteiger partial charge in [-0.15, -0.1) is 10.2 Å². The standard InChI is InChI=1S/C9H9N5OS/c1-5-13-14-9(15-5)16-7-4-6(8(10)11)2-3-12-7/h2-4H,1H3,(H3,10,11). The molecule has 0 fully saturated rings. The fraction of sp³-hybridized carbons (Fsp3) is 0.111. The molecule has 6 nitrogen and oxygen atoms in total. The molecule has 0 aliphatic rings. The summed E-state index contributed by atoms with van der Waals surface area (Å²) in [5.74, 6) is 0.510. The van der Waals surface area contributed by atoms with Gasteiger partial charge in [0, 0.05) is 18.7 Å². The normalized spacial score (nSPS) is 10.3. The van der Waals surface area contributed by atoms with Gasteiger partial charge in [-0.05, 0) is 23.9 Å². The lowest BCUT2D eigenvalue weighted by molar-refractivity contribution is 0.429. The molecule has 0 atom stereocenters. The first kappa shape index (κ1) is 10.6. The quantitative estimate of drug-likeness (QED) is 0.612. The van der Waals surface area contributed by atoms with Crippen LogP contribution in [0.1, 0.15) is 11.5 Å². The van der Waals surface area contributed by atoms with Crippen molar-refractivity contribution in [3.63, 3.8) is 0 Å². The van der Waals surface area contributed by atoms with Crippen LogP contribution < -0.4 is 5.73 Å². The molecule has 2 aromatic rings. The molecule has 16 heavy (non-hydrogen) atoms. The van der Waals surface area contributed by atoms with E-state index in [0.29, 0.717) is 21.7 Å². The highest BCUT2D eigenvalue weighted by molar-refractivity contribution is 7.99. The van der Waals surface area contributed by atoms with Crippen molar-refractivity contribution in [2.75, 3.05) is 0 Å². The van der Waals surface area contributed by atoms with Crippen molar-refractivity contribution in [1.29, 1.82) is 5.41 Å². The summed E-state index contributed by atoms with van der Waals surface area (Å²) in [6, 6.07) is 3.37. The van der Waals surface area contributed by atoms with Crippen LogP contribution in [0.15, 0.2) is 33.0 Å². The molecule has 0 amide bonds. The van der Waals surface area contributed by atoms with Crippen LogP contribution in [0.5, 0.6) is 0 Å². The minimum absolute atomic E-state index is 0.00552. The number of nitrogens with one attached hydrogen (secondary N) is 1. The second-order valence-electron chi connectivity index (χ2n) is 2.99. The van der Waals surface area contributed by atoms with E-state index >= 15 is 0 Å². The summed E-state index contributed by atoms with van der Waals surface area (Å²) in [4.78, 5) is 4.11. The third-order valence-electron chi connectivity index (χ3n) is 1.75. The van der Waals surface area contributed by atoms with E-state index in [1.807, 2.05) is 0 Å². The largest absolute Gasteiger partial charge is 0.416 e. The van der Waals surface area contributed by atoms with E-state index in [0.717, 1.165) is 0 Å². The van der Waals surface area contributed by atoms with Gasteiger partial charge in [-0.3, -0.25) is 5.41 Å². The number of nitrogen functional groups attached to an aromatic ring is 1. The molecule has 0 saturated carbocycles. The van der Waals surface area contributed by atoms with Crippen LogP contribution in [0.4, 0.5) is 0 Å². The van der Waals surface area contributed by atoms with Crippen LogP contribution in [-0.2, 0) is 0 Å². The number of hydrogen-bond acceptors (Lipinski definition) is 6. The van der Waals surface area contributed by atoms with Gasteiger partial charge >= 0.3 is 0 Å². The number of pyridine rings is 1. The van der Waals surface area contributed by atoms with Gasteiger partial charge in [0.15, 0.2) is 0 Å². The zero-order valence-corrected chi connectivity index (χ0v) is 9.28. The number of hydrogen-bond donors (Lipinski definition) is 2.